The van der Waals surface area contributed by atoms with Gasteiger partial charge in [-0.05, 0) is 77.0 Å². The molecule has 0 saturated carbocycles. The van der Waals surface area contributed by atoms with E-state index in [9.17, 15) is 43.5 Å². The SMILES string of the molecule is CC/C=C\C/C=C\C/C=C\C/C=C\C/C=C\C/C=C\CCC(=O)OCC(O)COP(=O)(O)OCC(O)COP(=O)(O)OCC(COC(=O)CCCCCCCCCCCCCCC)OC(=O)CCCCCCC/C=C\CCCC. The first-order chi connectivity index (χ1) is 38.2. The lowest BCUT2D eigenvalue weighted by atomic mass is 10.0. The predicted molar refractivity (Wildman–Crippen MR) is 316 cm³/mol. The standard InChI is InChI=1S/C61H106O16P2/c1-4-7-10-13-16-19-22-24-25-26-27-28-29-31-34-35-38-41-44-47-59(64)71-50-56(62)51-73-78(67,68)74-52-57(63)53-75-79(69,70)76-55-58(77-61(66)49-46-43-40-37-32-21-18-15-12-9-6-3)54-72-60(65)48-45-42-39-36-33-30-23-20-17-14-11-8-5-2/h7,10,15-16,18-19,24-25,27-28,31,34,38,41,56-58,62-63H,4-6,8-9,11-14,17,20-23,26,29-30,32-33,35-37,39-40,42-55H2,1-3H3,(H,67,68)(H,69,70)/b10-7-,18-15-,19-16-,25-24-,28-27-,34-31-,41-38-. The van der Waals surface area contributed by atoms with Gasteiger partial charge >= 0.3 is 33.6 Å². The summed E-state index contributed by atoms with van der Waals surface area (Å²) in [6.07, 6.45) is 55.3. The van der Waals surface area contributed by atoms with Crippen molar-refractivity contribution in [2.24, 2.45) is 0 Å². The van der Waals surface area contributed by atoms with Crippen molar-refractivity contribution in [3.8, 4) is 0 Å². The zero-order valence-electron chi connectivity index (χ0n) is 48.8. The van der Waals surface area contributed by atoms with Gasteiger partial charge in [0.25, 0.3) is 0 Å². The molecule has 0 spiro atoms. The highest BCUT2D eigenvalue weighted by molar-refractivity contribution is 7.47. The molecule has 0 fully saturated rings. The van der Waals surface area contributed by atoms with Crippen LogP contribution < -0.4 is 0 Å². The molecule has 0 radical (unpaired) electrons. The Kier molecular flexibility index (Phi) is 53.0. The van der Waals surface area contributed by atoms with Gasteiger partial charge in [0, 0.05) is 19.3 Å². The molecule has 0 heterocycles. The van der Waals surface area contributed by atoms with Gasteiger partial charge in [0.2, 0.25) is 0 Å². The summed E-state index contributed by atoms with van der Waals surface area (Å²) in [6, 6.07) is 0. The molecule has 0 aromatic rings. The van der Waals surface area contributed by atoms with Crippen LogP contribution >= 0.6 is 15.6 Å². The van der Waals surface area contributed by atoms with Gasteiger partial charge in [-0.3, -0.25) is 32.5 Å². The molecule has 0 aromatic carbocycles. The molecule has 5 unspecified atom stereocenters. The third-order valence-electron chi connectivity index (χ3n) is 12.1. The van der Waals surface area contributed by atoms with E-state index in [1.807, 2.05) is 18.2 Å². The van der Waals surface area contributed by atoms with Crippen molar-refractivity contribution in [2.75, 3.05) is 39.6 Å². The van der Waals surface area contributed by atoms with Crippen LogP contribution in [0.3, 0.4) is 0 Å². The first-order valence-corrected chi connectivity index (χ1v) is 32.9. The minimum atomic E-state index is -4.92. The van der Waals surface area contributed by atoms with Crippen molar-refractivity contribution in [1.82, 2.24) is 0 Å². The third-order valence-corrected chi connectivity index (χ3v) is 14.0. The van der Waals surface area contributed by atoms with E-state index in [2.05, 4.69) is 87.6 Å². The van der Waals surface area contributed by atoms with E-state index < -0.39 is 91.5 Å². The topological polar surface area (TPSA) is 231 Å². The van der Waals surface area contributed by atoms with Crippen LogP contribution in [0.2, 0.25) is 0 Å². The number of esters is 3. The van der Waals surface area contributed by atoms with Crippen molar-refractivity contribution in [3.05, 3.63) is 85.1 Å². The number of hydrogen-bond acceptors (Lipinski definition) is 14. The highest BCUT2D eigenvalue weighted by Crippen LogP contribution is 2.45. The summed E-state index contributed by atoms with van der Waals surface area (Å²) in [6.45, 7) is 2.39. The first-order valence-electron chi connectivity index (χ1n) is 29.9. The second-order valence-electron chi connectivity index (χ2n) is 19.8. The molecule has 0 aliphatic carbocycles. The predicted octanol–water partition coefficient (Wildman–Crippen LogP) is 15.4. The normalized spacial score (nSPS) is 15.1. The van der Waals surface area contributed by atoms with Gasteiger partial charge < -0.3 is 34.2 Å². The quantitative estimate of drug-likeness (QED) is 0.0146. The molecule has 0 saturated heterocycles. The molecular weight excluding hydrogens is 1050 g/mol. The summed E-state index contributed by atoms with van der Waals surface area (Å²) in [5.41, 5.74) is 0. The number of phosphoric acid groups is 2. The number of rotatable bonds is 56. The number of carbonyl (C=O) groups is 3. The van der Waals surface area contributed by atoms with Gasteiger partial charge in [0.1, 0.15) is 25.4 Å². The van der Waals surface area contributed by atoms with E-state index in [4.69, 9.17) is 32.3 Å². The number of phosphoric ester groups is 2. The van der Waals surface area contributed by atoms with Crippen LogP contribution in [0, 0.1) is 0 Å². The highest BCUT2D eigenvalue weighted by atomic mass is 31.2. The molecule has 0 aromatic heterocycles. The van der Waals surface area contributed by atoms with Crippen molar-refractivity contribution in [1.29, 1.82) is 0 Å². The number of allylic oxidation sites excluding steroid dienone is 14. The van der Waals surface area contributed by atoms with E-state index in [0.717, 1.165) is 89.9 Å². The van der Waals surface area contributed by atoms with Gasteiger partial charge in [-0.1, -0.05) is 215 Å². The number of aliphatic hydroxyl groups is 2. The third kappa shape index (κ3) is 56.4. The molecule has 0 bridgehead atoms. The lowest BCUT2D eigenvalue weighted by Crippen LogP contribution is -2.30. The largest absolute Gasteiger partial charge is 0.472 e. The molecule has 0 rings (SSSR count). The van der Waals surface area contributed by atoms with Crippen LogP contribution in [0.5, 0.6) is 0 Å². The zero-order valence-corrected chi connectivity index (χ0v) is 50.6. The van der Waals surface area contributed by atoms with Gasteiger partial charge in [-0.25, -0.2) is 9.13 Å². The molecule has 0 aliphatic rings. The summed E-state index contributed by atoms with van der Waals surface area (Å²) in [5, 5.41) is 20.4. The van der Waals surface area contributed by atoms with Crippen LogP contribution in [-0.2, 0) is 55.8 Å². The average Bonchev–Trinajstić information content (AvgIpc) is 3.42. The van der Waals surface area contributed by atoms with Crippen molar-refractivity contribution in [3.63, 3.8) is 0 Å². The highest BCUT2D eigenvalue weighted by Gasteiger charge is 2.29. The summed E-state index contributed by atoms with van der Waals surface area (Å²) < 4.78 is 60.5. The van der Waals surface area contributed by atoms with Gasteiger partial charge in [0.15, 0.2) is 6.10 Å². The van der Waals surface area contributed by atoms with Gasteiger partial charge in [-0.15, -0.1) is 0 Å². The molecule has 4 N–H and O–H groups in total. The first kappa shape index (κ1) is 75.7. The Balaban J connectivity index is 4.67. The smallest absolute Gasteiger partial charge is 0.463 e. The molecule has 0 aliphatic heterocycles. The molecular formula is C61H106O16P2. The van der Waals surface area contributed by atoms with Crippen LogP contribution in [0.25, 0.3) is 0 Å². The molecule has 456 valence electrons. The minimum absolute atomic E-state index is 0.0599. The Morgan fingerprint density at radius 3 is 1.18 bits per heavy atom. The molecule has 18 heteroatoms. The fraction of sp³-hybridized carbons (Fsp3) is 0.721. The maximum absolute atomic E-state index is 12.8. The van der Waals surface area contributed by atoms with Crippen LogP contribution in [-0.4, -0.2) is 95.9 Å². The maximum Gasteiger partial charge on any atom is 0.472 e. The van der Waals surface area contributed by atoms with E-state index in [0.29, 0.717) is 25.7 Å². The number of ether oxygens (including phenoxy) is 3. The van der Waals surface area contributed by atoms with Gasteiger partial charge in [-0.2, -0.15) is 0 Å². The fourth-order valence-electron chi connectivity index (χ4n) is 7.52. The Labute approximate surface area is 476 Å². The van der Waals surface area contributed by atoms with E-state index in [-0.39, 0.29) is 19.3 Å². The summed E-state index contributed by atoms with van der Waals surface area (Å²) in [4.78, 5) is 57.9. The molecule has 79 heavy (non-hydrogen) atoms. The number of unbranched alkanes of at least 4 members (excludes halogenated alkanes) is 19. The lowest BCUT2D eigenvalue weighted by molar-refractivity contribution is -0.161. The van der Waals surface area contributed by atoms with Crippen molar-refractivity contribution < 1.29 is 75.8 Å². The zero-order chi connectivity index (χ0) is 58.2. The monoisotopic (exact) mass is 1160 g/mol. The molecule has 5 atom stereocenters. The Hall–Kier alpha value is -3.27. The van der Waals surface area contributed by atoms with Crippen LogP contribution in [0.1, 0.15) is 226 Å². The van der Waals surface area contributed by atoms with E-state index in [1.54, 1.807) is 0 Å². The molecule has 16 nitrogen and oxygen atoms in total. The number of aliphatic hydroxyl groups excluding tert-OH is 2. The summed E-state index contributed by atoms with van der Waals surface area (Å²) in [7, 11) is -9.77. The summed E-state index contributed by atoms with van der Waals surface area (Å²) >= 11 is 0. The lowest BCUT2D eigenvalue weighted by Gasteiger charge is -2.21. The Bertz CT molecular complexity index is 1790. The van der Waals surface area contributed by atoms with Crippen LogP contribution in [0.4, 0.5) is 0 Å². The minimum Gasteiger partial charge on any atom is -0.463 e. The Morgan fingerprint density at radius 2 is 0.709 bits per heavy atom. The van der Waals surface area contributed by atoms with Gasteiger partial charge in [0.05, 0.1) is 26.4 Å². The second-order valence-corrected chi connectivity index (χ2v) is 22.7. The van der Waals surface area contributed by atoms with E-state index >= 15 is 0 Å². The second kappa shape index (κ2) is 55.3. The molecule has 0 amide bonds. The fourth-order valence-corrected chi connectivity index (χ4v) is 9.10. The van der Waals surface area contributed by atoms with Crippen molar-refractivity contribution >= 4 is 33.6 Å². The van der Waals surface area contributed by atoms with E-state index in [1.165, 1.54) is 70.6 Å². The number of carbonyl (C=O) groups excluding carboxylic acids is 3. The number of hydrogen-bond donors (Lipinski definition) is 4. The maximum atomic E-state index is 12.8. The Morgan fingerprint density at radius 1 is 0.367 bits per heavy atom. The van der Waals surface area contributed by atoms with Crippen molar-refractivity contribution in [2.45, 2.75) is 245 Å². The van der Waals surface area contributed by atoms with Crippen LogP contribution in [0.15, 0.2) is 85.1 Å². The summed E-state index contributed by atoms with van der Waals surface area (Å²) in [5.74, 6) is -1.67. The average molecular weight is 1160 g/mol.